The molecule has 10 heteroatoms. The van der Waals surface area contributed by atoms with Gasteiger partial charge < -0.3 is 14.9 Å². The molecule has 0 aromatic carbocycles. The molecule has 0 saturated carbocycles. The van der Waals surface area contributed by atoms with Crippen molar-refractivity contribution in [3.8, 4) is 0 Å². The van der Waals surface area contributed by atoms with Gasteiger partial charge in [-0.1, -0.05) is 0 Å². The monoisotopic (exact) mass is 309 g/mol. The number of aliphatic hydroxyl groups is 2. The van der Waals surface area contributed by atoms with Crippen LogP contribution in [0.15, 0.2) is 22.0 Å². The third-order valence-electron chi connectivity index (χ3n) is 3.82. The van der Waals surface area contributed by atoms with Gasteiger partial charge in [-0.15, -0.1) is 0 Å². The summed E-state index contributed by atoms with van der Waals surface area (Å²) in [5.74, 6) is 0. The van der Waals surface area contributed by atoms with E-state index in [9.17, 15) is 19.8 Å². The molecule has 10 nitrogen and oxygen atoms in total. The lowest BCUT2D eigenvalue weighted by molar-refractivity contribution is -0.0875. The number of H-pyrrole nitrogens is 2. The van der Waals surface area contributed by atoms with E-state index in [0.29, 0.717) is 5.56 Å². The van der Waals surface area contributed by atoms with E-state index < -0.39 is 35.8 Å². The molecule has 1 saturated heterocycles. The van der Waals surface area contributed by atoms with Crippen LogP contribution in [0.4, 0.5) is 0 Å². The molecule has 4 N–H and O–H groups in total. The smallest absolute Gasteiger partial charge is 0.330 e. The molecule has 0 spiro atoms. The van der Waals surface area contributed by atoms with Crippen LogP contribution in [0.2, 0.25) is 0 Å². The molecule has 118 valence electrons. The van der Waals surface area contributed by atoms with E-state index in [4.69, 9.17) is 4.74 Å². The Bertz CT molecular complexity index is 782. The van der Waals surface area contributed by atoms with Crippen LogP contribution in [0.25, 0.3) is 0 Å². The van der Waals surface area contributed by atoms with E-state index in [1.54, 1.807) is 6.92 Å². The second kappa shape index (κ2) is 5.16. The molecule has 1 fully saturated rings. The molecule has 0 bridgehead atoms. The quantitative estimate of drug-likeness (QED) is 0.519. The highest BCUT2D eigenvalue weighted by atomic mass is 16.5. The van der Waals surface area contributed by atoms with Crippen LogP contribution in [-0.2, 0) is 10.3 Å². The number of aromatic nitrogens is 5. The Labute approximate surface area is 123 Å². The third-order valence-corrected chi connectivity index (χ3v) is 3.82. The maximum atomic E-state index is 11.9. The van der Waals surface area contributed by atoms with E-state index in [1.165, 1.54) is 17.0 Å². The van der Waals surface area contributed by atoms with Crippen LogP contribution in [0.5, 0.6) is 0 Å². The Morgan fingerprint density at radius 3 is 2.95 bits per heavy atom. The number of hydrogen-bond acceptors (Lipinski definition) is 7. The first-order valence-corrected chi connectivity index (χ1v) is 6.62. The van der Waals surface area contributed by atoms with Crippen molar-refractivity contribution in [2.24, 2.45) is 0 Å². The Hall–Kier alpha value is -2.30. The number of aromatic amines is 2. The van der Waals surface area contributed by atoms with Crippen LogP contribution in [0, 0.1) is 6.92 Å². The maximum Gasteiger partial charge on any atom is 0.330 e. The predicted molar refractivity (Wildman–Crippen MR) is 72.0 cm³/mol. The number of ether oxygens (including phenoxy) is 1. The van der Waals surface area contributed by atoms with E-state index in [2.05, 4.69) is 20.4 Å². The highest BCUT2D eigenvalue weighted by molar-refractivity contribution is 5.13. The highest BCUT2D eigenvalue weighted by Gasteiger charge is 2.51. The van der Waals surface area contributed by atoms with Crippen molar-refractivity contribution in [1.29, 1.82) is 0 Å². The second-order valence-corrected chi connectivity index (χ2v) is 5.22. The normalized spacial score (nSPS) is 28.1. The van der Waals surface area contributed by atoms with Gasteiger partial charge in [0.25, 0.3) is 5.56 Å². The molecular formula is C12H15N5O5. The number of aryl methyl sites for hydroxylation is 1. The number of rotatable bonds is 3. The van der Waals surface area contributed by atoms with E-state index in [1.807, 2.05) is 0 Å². The predicted octanol–water partition coefficient (Wildman–Crippen LogP) is -1.87. The summed E-state index contributed by atoms with van der Waals surface area (Å²) in [7, 11) is 0. The summed E-state index contributed by atoms with van der Waals surface area (Å²) in [5, 5.41) is 30.1. The van der Waals surface area contributed by atoms with Gasteiger partial charge in [0.15, 0.2) is 0 Å². The summed E-state index contributed by atoms with van der Waals surface area (Å²) in [6, 6.07) is 0. The lowest BCUT2D eigenvalue weighted by Crippen LogP contribution is -2.38. The summed E-state index contributed by atoms with van der Waals surface area (Å²) in [6.07, 6.45) is 0.851. The first kappa shape index (κ1) is 14.6. The van der Waals surface area contributed by atoms with Crippen molar-refractivity contribution in [3.63, 3.8) is 0 Å². The molecule has 0 amide bonds. The van der Waals surface area contributed by atoms with Crippen LogP contribution in [0.3, 0.4) is 0 Å². The van der Waals surface area contributed by atoms with E-state index in [0.717, 1.165) is 0 Å². The van der Waals surface area contributed by atoms with Crippen LogP contribution >= 0.6 is 0 Å². The minimum absolute atomic E-state index is 0.0177. The number of aliphatic hydroxyl groups excluding tert-OH is 1. The topological polar surface area (TPSA) is 146 Å². The Kier molecular flexibility index (Phi) is 3.43. The fourth-order valence-corrected chi connectivity index (χ4v) is 2.59. The zero-order valence-corrected chi connectivity index (χ0v) is 11.7. The molecule has 22 heavy (non-hydrogen) atoms. The molecule has 0 unspecified atom stereocenters. The lowest BCUT2D eigenvalue weighted by Gasteiger charge is -2.23. The molecule has 1 aliphatic heterocycles. The maximum absolute atomic E-state index is 11.9. The van der Waals surface area contributed by atoms with Gasteiger partial charge in [0.2, 0.25) is 0 Å². The fraction of sp³-hybridized carbons (Fsp3) is 0.500. The molecule has 1 aliphatic rings. The molecule has 3 heterocycles. The van der Waals surface area contributed by atoms with Crippen molar-refractivity contribution >= 4 is 0 Å². The average molecular weight is 309 g/mol. The first-order valence-electron chi connectivity index (χ1n) is 6.62. The van der Waals surface area contributed by atoms with E-state index >= 15 is 0 Å². The van der Waals surface area contributed by atoms with Crippen molar-refractivity contribution in [2.45, 2.75) is 31.3 Å². The fourth-order valence-electron chi connectivity index (χ4n) is 2.59. The summed E-state index contributed by atoms with van der Waals surface area (Å²) < 4.78 is 6.75. The van der Waals surface area contributed by atoms with Gasteiger partial charge in [-0.05, 0) is 6.92 Å². The zero-order valence-electron chi connectivity index (χ0n) is 11.7. The minimum Gasteiger partial charge on any atom is -0.394 e. The highest BCUT2D eigenvalue weighted by Crippen LogP contribution is 2.42. The summed E-state index contributed by atoms with van der Waals surface area (Å²) in [6.45, 7) is 1.09. The molecule has 2 aromatic rings. The van der Waals surface area contributed by atoms with Crippen LogP contribution in [0.1, 0.15) is 23.9 Å². The van der Waals surface area contributed by atoms with Gasteiger partial charge in [-0.25, -0.2) is 4.79 Å². The van der Waals surface area contributed by atoms with E-state index in [-0.39, 0.29) is 12.1 Å². The molecule has 2 aromatic heterocycles. The van der Waals surface area contributed by atoms with Crippen molar-refractivity contribution < 1.29 is 14.9 Å². The molecule has 3 atom stereocenters. The summed E-state index contributed by atoms with van der Waals surface area (Å²) in [4.78, 5) is 25.5. The zero-order chi connectivity index (χ0) is 15.9. The molecular weight excluding hydrogens is 294 g/mol. The van der Waals surface area contributed by atoms with Crippen molar-refractivity contribution in [1.82, 2.24) is 25.0 Å². The van der Waals surface area contributed by atoms with Crippen molar-refractivity contribution in [2.75, 3.05) is 6.61 Å². The largest absolute Gasteiger partial charge is 0.394 e. The Morgan fingerprint density at radius 2 is 2.32 bits per heavy atom. The first-order chi connectivity index (χ1) is 10.5. The summed E-state index contributed by atoms with van der Waals surface area (Å²) >= 11 is 0. The number of nitrogens with one attached hydrogen (secondary N) is 2. The van der Waals surface area contributed by atoms with Crippen LogP contribution < -0.4 is 11.2 Å². The standard InChI is InChI=1S/C12H15N5O5/c1-6-4-17(11(20)14-10(6)19)9-2-12(21,8(5-18)22-9)7-3-13-16-15-7/h3-4,8-9,18,21H,2,5H2,1H3,(H,13,15,16)(H,14,19,20)/t8-,9-,12-/m1/s1. The third kappa shape index (κ3) is 2.17. The molecule has 3 rings (SSSR count). The number of hydrogen-bond donors (Lipinski definition) is 4. The lowest BCUT2D eigenvalue weighted by atomic mass is 9.92. The SMILES string of the molecule is Cc1cn([C@H]2C[C@@](O)(c3cn[nH]n3)[C@@H](CO)O2)c(=O)[nH]c1=O. The van der Waals surface area contributed by atoms with Crippen LogP contribution in [-0.4, -0.2) is 47.9 Å². The summed E-state index contributed by atoms with van der Waals surface area (Å²) in [5.41, 5.74) is -2.18. The van der Waals surface area contributed by atoms with Gasteiger partial charge in [0.1, 0.15) is 23.6 Å². The van der Waals surface area contributed by atoms with Crippen molar-refractivity contribution in [3.05, 3.63) is 44.5 Å². The van der Waals surface area contributed by atoms with Gasteiger partial charge in [-0.3, -0.25) is 14.3 Å². The van der Waals surface area contributed by atoms with Gasteiger partial charge >= 0.3 is 5.69 Å². The molecule has 0 radical (unpaired) electrons. The molecule has 0 aliphatic carbocycles. The number of nitrogens with zero attached hydrogens (tertiary/aromatic N) is 3. The Morgan fingerprint density at radius 1 is 1.55 bits per heavy atom. The average Bonchev–Trinajstić information content (AvgIpc) is 3.11. The van der Waals surface area contributed by atoms with Gasteiger partial charge in [-0.2, -0.15) is 15.4 Å². The van der Waals surface area contributed by atoms with Gasteiger partial charge in [0, 0.05) is 18.2 Å². The minimum atomic E-state index is -1.59. The second-order valence-electron chi connectivity index (χ2n) is 5.22. The van der Waals surface area contributed by atoms with Gasteiger partial charge in [0.05, 0.1) is 12.8 Å². The Balaban J connectivity index is 2.01.